The number of likely N-dealkylation sites (tertiary alicyclic amines) is 1. The molecule has 0 bridgehead atoms. The Kier molecular flexibility index (Phi) is 2.73. The molecule has 0 aromatic carbocycles. The highest BCUT2D eigenvalue weighted by atomic mass is 35.5. The van der Waals surface area contributed by atoms with Crippen molar-refractivity contribution in [1.82, 2.24) is 4.90 Å². The second kappa shape index (κ2) is 3.41. The van der Waals surface area contributed by atoms with Crippen LogP contribution in [0.1, 0.15) is 6.92 Å². The molecular weight excluding hydrogens is 166 g/mol. The zero-order valence-electron chi connectivity index (χ0n) is 6.46. The minimum Gasteiger partial charge on any atom is -0.396 e. The molecule has 0 aromatic rings. The number of aliphatic hydroxyl groups is 1. The van der Waals surface area contributed by atoms with Gasteiger partial charge in [-0.25, -0.2) is 0 Å². The fraction of sp³-hybridized carbons (Fsp3) is 0.857. The van der Waals surface area contributed by atoms with E-state index in [0.717, 1.165) is 0 Å². The largest absolute Gasteiger partial charge is 0.396 e. The van der Waals surface area contributed by atoms with Crippen molar-refractivity contribution < 1.29 is 9.90 Å². The maximum Gasteiger partial charge on any atom is 0.240 e. The van der Waals surface area contributed by atoms with Gasteiger partial charge >= 0.3 is 0 Å². The van der Waals surface area contributed by atoms with E-state index >= 15 is 0 Å². The van der Waals surface area contributed by atoms with E-state index in [0.29, 0.717) is 13.1 Å². The second-order valence-electron chi connectivity index (χ2n) is 2.91. The first-order chi connectivity index (χ1) is 5.15. The summed E-state index contributed by atoms with van der Waals surface area (Å²) in [4.78, 5) is 12.8. The average Bonchev–Trinajstić information content (AvgIpc) is 1.85. The Morgan fingerprint density at radius 1 is 1.82 bits per heavy atom. The maximum absolute atomic E-state index is 11.1. The lowest BCUT2D eigenvalue weighted by molar-refractivity contribution is -0.137. The van der Waals surface area contributed by atoms with Crippen molar-refractivity contribution in [2.45, 2.75) is 12.3 Å². The van der Waals surface area contributed by atoms with E-state index in [9.17, 15) is 4.79 Å². The zero-order chi connectivity index (χ0) is 8.43. The fourth-order valence-corrected chi connectivity index (χ4v) is 1.25. The number of halogens is 1. The van der Waals surface area contributed by atoms with Gasteiger partial charge in [0, 0.05) is 25.6 Å². The molecule has 0 saturated carbocycles. The molecule has 1 aliphatic rings. The van der Waals surface area contributed by atoms with Crippen LogP contribution >= 0.6 is 11.6 Å². The van der Waals surface area contributed by atoms with E-state index in [-0.39, 0.29) is 18.4 Å². The molecule has 0 radical (unpaired) electrons. The molecule has 0 aromatic heterocycles. The van der Waals surface area contributed by atoms with Gasteiger partial charge in [-0.1, -0.05) is 0 Å². The summed E-state index contributed by atoms with van der Waals surface area (Å²) in [7, 11) is 0. The number of amides is 1. The Hall–Kier alpha value is -0.280. The predicted molar refractivity (Wildman–Crippen MR) is 42.5 cm³/mol. The molecule has 0 aliphatic carbocycles. The van der Waals surface area contributed by atoms with Gasteiger partial charge in [-0.3, -0.25) is 4.79 Å². The van der Waals surface area contributed by atoms with Crippen LogP contribution in [0.15, 0.2) is 0 Å². The van der Waals surface area contributed by atoms with Gasteiger partial charge in [0.1, 0.15) is 5.38 Å². The van der Waals surface area contributed by atoms with Crippen LogP contribution in [0, 0.1) is 5.92 Å². The number of carbonyl (C=O) groups is 1. The first-order valence-electron chi connectivity index (χ1n) is 3.69. The van der Waals surface area contributed by atoms with Crippen LogP contribution in [-0.2, 0) is 4.79 Å². The zero-order valence-corrected chi connectivity index (χ0v) is 7.21. The van der Waals surface area contributed by atoms with Gasteiger partial charge in [0.25, 0.3) is 0 Å². The van der Waals surface area contributed by atoms with Gasteiger partial charge in [-0.05, 0) is 6.92 Å². The number of aliphatic hydroxyl groups excluding tert-OH is 1. The summed E-state index contributed by atoms with van der Waals surface area (Å²) in [5, 5.41) is 8.22. The molecule has 1 heterocycles. The highest BCUT2D eigenvalue weighted by Crippen LogP contribution is 2.16. The van der Waals surface area contributed by atoms with Crippen molar-refractivity contribution in [3.05, 3.63) is 0 Å². The van der Waals surface area contributed by atoms with Crippen LogP contribution in [0.4, 0.5) is 0 Å². The Balaban J connectivity index is 2.27. The molecule has 1 rings (SSSR count). The monoisotopic (exact) mass is 177 g/mol. The molecule has 0 unspecified atom stereocenters. The SMILES string of the molecule is C[C@@H](Cl)C(=O)N1CC(CO)C1. The third kappa shape index (κ3) is 1.84. The van der Waals surface area contributed by atoms with Crippen LogP contribution in [0.25, 0.3) is 0 Å². The summed E-state index contributed by atoms with van der Waals surface area (Å²) >= 11 is 5.57. The van der Waals surface area contributed by atoms with Crippen LogP contribution in [-0.4, -0.2) is 41.0 Å². The normalized spacial score (nSPS) is 21.2. The van der Waals surface area contributed by atoms with Crippen LogP contribution in [0.2, 0.25) is 0 Å². The molecule has 11 heavy (non-hydrogen) atoms. The summed E-state index contributed by atoms with van der Waals surface area (Å²) in [5.41, 5.74) is 0. The van der Waals surface area contributed by atoms with E-state index in [1.54, 1.807) is 11.8 Å². The quantitative estimate of drug-likeness (QED) is 0.607. The lowest BCUT2D eigenvalue weighted by Crippen LogP contribution is -2.53. The lowest BCUT2D eigenvalue weighted by Gasteiger charge is -2.38. The third-order valence-corrected chi connectivity index (χ3v) is 2.05. The van der Waals surface area contributed by atoms with Crippen molar-refractivity contribution >= 4 is 17.5 Å². The van der Waals surface area contributed by atoms with Gasteiger partial charge in [0.15, 0.2) is 0 Å². The summed E-state index contributed by atoms with van der Waals surface area (Å²) in [6.07, 6.45) is 0. The Morgan fingerprint density at radius 3 is 2.73 bits per heavy atom. The number of rotatable bonds is 2. The van der Waals surface area contributed by atoms with Crippen molar-refractivity contribution in [1.29, 1.82) is 0 Å². The molecule has 4 heteroatoms. The maximum atomic E-state index is 11.1. The second-order valence-corrected chi connectivity index (χ2v) is 3.56. The number of hydrogen-bond donors (Lipinski definition) is 1. The fourth-order valence-electron chi connectivity index (χ4n) is 1.12. The number of alkyl halides is 1. The highest BCUT2D eigenvalue weighted by molar-refractivity contribution is 6.30. The van der Waals surface area contributed by atoms with Gasteiger partial charge < -0.3 is 10.0 Å². The molecule has 1 saturated heterocycles. The third-order valence-electron chi connectivity index (χ3n) is 1.87. The summed E-state index contributed by atoms with van der Waals surface area (Å²) in [6.45, 7) is 3.15. The predicted octanol–water partition coefficient (Wildman–Crippen LogP) is 0.0644. The van der Waals surface area contributed by atoms with E-state index < -0.39 is 5.38 Å². The van der Waals surface area contributed by atoms with E-state index in [1.165, 1.54) is 0 Å². The van der Waals surface area contributed by atoms with Crippen molar-refractivity contribution in [3.63, 3.8) is 0 Å². The number of carbonyl (C=O) groups excluding carboxylic acids is 1. The topological polar surface area (TPSA) is 40.5 Å². The lowest BCUT2D eigenvalue weighted by atomic mass is 10.0. The Labute approximate surface area is 70.9 Å². The van der Waals surface area contributed by atoms with Crippen LogP contribution in [0.3, 0.4) is 0 Å². The van der Waals surface area contributed by atoms with Crippen LogP contribution in [0.5, 0.6) is 0 Å². The Morgan fingerprint density at radius 2 is 2.36 bits per heavy atom. The first kappa shape index (κ1) is 8.81. The molecule has 64 valence electrons. The smallest absolute Gasteiger partial charge is 0.240 e. The molecule has 3 nitrogen and oxygen atoms in total. The van der Waals surface area contributed by atoms with Gasteiger partial charge in [-0.2, -0.15) is 0 Å². The molecule has 0 spiro atoms. The summed E-state index contributed by atoms with van der Waals surface area (Å²) in [6, 6.07) is 0. The minimum absolute atomic E-state index is 0.0311. The van der Waals surface area contributed by atoms with Crippen molar-refractivity contribution in [3.8, 4) is 0 Å². The van der Waals surface area contributed by atoms with Gasteiger partial charge in [0.2, 0.25) is 5.91 Å². The first-order valence-corrected chi connectivity index (χ1v) is 4.12. The van der Waals surface area contributed by atoms with E-state index in [4.69, 9.17) is 16.7 Å². The minimum atomic E-state index is -0.436. The molecule has 1 atom stereocenters. The molecule has 1 fully saturated rings. The average molecular weight is 178 g/mol. The van der Waals surface area contributed by atoms with Crippen LogP contribution < -0.4 is 0 Å². The number of hydrogen-bond acceptors (Lipinski definition) is 2. The molecule has 1 aliphatic heterocycles. The molecule has 1 amide bonds. The summed E-state index contributed by atoms with van der Waals surface area (Å²) in [5.74, 6) is 0.241. The van der Waals surface area contributed by atoms with Crippen molar-refractivity contribution in [2.24, 2.45) is 5.92 Å². The molecular formula is C7H12ClNO2. The standard InChI is InChI=1S/C7H12ClNO2/c1-5(8)7(11)9-2-6(3-9)4-10/h5-6,10H,2-4H2,1H3/t5-/m1/s1. The van der Waals surface area contributed by atoms with Gasteiger partial charge in [0.05, 0.1) is 0 Å². The highest BCUT2D eigenvalue weighted by Gasteiger charge is 2.31. The summed E-state index contributed by atoms with van der Waals surface area (Å²) < 4.78 is 0. The number of nitrogens with zero attached hydrogens (tertiary/aromatic N) is 1. The Bertz CT molecular complexity index is 155. The van der Waals surface area contributed by atoms with Gasteiger partial charge in [-0.15, -0.1) is 11.6 Å². The molecule has 1 N–H and O–H groups in total. The van der Waals surface area contributed by atoms with Crippen molar-refractivity contribution in [2.75, 3.05) is 19.7 Å². The van der Waals surface area contributed by atoms with E-state index in [2.05, 4.69) is 0 Å². The van der Waals surface area contributed by atoms with E-state index in [1.807, 2.05) is 0 Å².